The van der Waals surface area contributed by atoms with Crippen LogP contribution in [0.5, 0.6) is 0 Å². The summed E-state index contributed by atoms with van der Waals surface area (Å²) < 4.78 is 10.4. The molecule has 1 aliphatic rings. The Balaban J connectivity index is 1.83. The number of hydrogen-bond acceptors (Lipinski definition) is 6. The van der Waals surface area contributed by atoms with Crippen molar-refractivity contribution in [2.24, 2.45) is 5.10 Å². The van der Waals surface area contributed by atoms with E-state index in [2.05, 4.69) is 10.5 Å². The number of ether oxygens (including phenoxy) is 2. The first-order valence-electron chi connectivity index (χ1n) is 9.37. The van der Waals surface area contributed by atoms with Crippen LogP contribution in [0, 0.1) is 0 Å². The quantitative estimate of drug-likeness (QED) is 0.458. The predicted molar refractivity (Wildman–Crippen MR) is 110 cm³/mol. The fourth-order valence-corrected chi connectivity index (χ4v) is 3.26. The number of benzene rings is 1. The minimum atomic E-state index is -0.600. The molecule has 0 unspecified atom stereocenters. The Morgan fingerprint density at radius 1 is 1.14 bits per heavy atom. The summed E-state index contributed by atoms with van der Waals surface area (Å²) in [4.78, 5) is 27.6. The normalized spacial score (nSPS) is 14.8. The van der Waals surface area contributed by atoms with Crippen molar-refractivity contribution in [3.63, 3.8) is 0 Å². The maximum atomic E-state index is 12.0. The molecule has 0 saturated carbocycles. The zero-order valence-corrected chi connectivity index (χ0v) is 17.4. The first-order valence-corrected chi connectivity index (χ1v) is 10.4. The molecule has 0 bridgehead atoms. The van der Waals surface area contributed by atoms with Crippen molar-refractivity contribution < 1.29 is 19.1 Å². The summed E-state index contributed by atoms with van der Waals surface area (Å²) in [5, 5.41) is 4.92. The molecule has 1 aliphatic heterocycles. The van der Waals surface area contributed by atoms with Gasteiger partial charge in [0.1, 0.15) is 6.61 Å². The van der Waals surface area contributed by atoms with Gasteiger partial charge in [0.15, 0.2) is 5.17 Å². The molecule has 0 atom stereocenters. The fraction of sp³-hybridized carbons (Fsp3) is 0.526. The lowest BCUT2D eigenvalue weighted by Gasteiger charge is -2.35. The van der Waals surface area contributed by atoms with E-state index in [0.29, 0.717) is 31.3 Å². The third kappa shape index (κ3) is 7.30. The molecule has 8 nitrogen and oxygen atoms in total. The van der Waals surface area contributed by atoms with Gasteiger partial charge in [0.25, 0.3) is 0 Å². The van der Waals surface area contributed by atoms with Gasteiger partial charge in [-0.2, -0.15) is 0 Å². The van der Waals surface area contributed by atoms with E-state index in [1.54, 1.807) is 4.90 Å². The lowest BCUT2D eigenvalue weighted by Crippen LogP contribution is -2.50. The van der Waals surface area contributed by atoms with E-state index in [1.165, 1.54) is 11.8 Å². The molecule has 1 aromatic carbocycles. The summed E-state index contributed by atoms with van der Waals surface area (Å²) in [7, 11) is 0. The second kappa shape index (κ2) is 11.4. The molecule has 154 valence electrons. The number of rotatable bonds is 5. The van der Waals surface area contributed by atoms with Gasteiger partial charge in [-0.1, -0.05) is 49.0 Å². The van der Waals surface area contributed by atoms with E-state index in [9.17, 15) is 9.59 Å². The Hall–Kier alpha value is -2.42. The molecule has 0 radical (unpaired) electrons. The van der Waals surface area contributed by atoms with Crippen LogP contribution in [0.4, 0.5) is 9.59 Å². The van der Waals surface area contributed by atoms with Crippen molar-refractivity contribution in [3.05, 3.63) is 35.9 Å². The van der Waals surface area contributed by atoms with Gasteiger partial charge in [-0.25, -0.2) is 15.0 Å². The zero-order chi connectivity index (χ0) is 20.4. The number of thioether (sulfide) groups is 1. The van der Waals surface area contributed by atoms with Crippen LogP contribution in [0.2, 0.25) is 0 Å². The zero-order valence-electron chi connectivity index (χ0n) is 16.6. The largest absolute Gasteiger partial charge is 0.447 e. The molecule has 1 saturated heterocycles. The van der Waals surface area contributed by atoms with E-state index in [-0.39, 0.29) is 18.8 Å². The fourth-order valence-electron chi connectivity index (χ4n) is 2.53. The first-order chi connectivity index (χ1) is 13.5. The summed E-state index contributed by atoms with van der Waals surface area (Å²) in [6.07, 6.45) is -1.03. The smallest absolute Gasteiger partial charge is 0.428 e. The molecule has 2 rings (SSSR count). The number of piperazine rings is 1. The van der Waals surface area contributed by atoms with Crippen molar-refractivity contribution in [1.82, 2.24) is 15.2 Å². The van der Waals surface area contributed by atoms with Crippen LogP contribution in [0.3, 0.4) is 0 Å². The molecule has 9 heteroatoms. The lowest BCUT2D eigenvalue weighted by atomic mass is 10.2. The van der Waals surface area contributed by atoms with Crippen LogP contribution in [0.1, 0.15) is 26.3 Å². The number of carbonyl (C=O) groups is 2. The standard InChI is InChI=1S/C19H28N4O4S/c1-4-28-17(20-21-18(24)26-14-16-8-6-5-7-9-16)22-10-12-23(13-11-22)19(25)27-15(2)3/h5-9,15H,4,10-14H2,1-3H3,(H,21,24)/b20-17-. The Labute approximate surface area is 170 Å². The minimum absolute atomic E-state index is 0.135. The number of amidine groups is 1. The highest BCUT2D eigenvalue weighted by Crippen LogP contribution is 2.13. The average Bonchev–Trinajstić information content (AvgIpc) is 2.70. The van der Waals surface area contributed by atoms with E-state index in [0.717, 1.165) is 11.3 Å². The van der Waals surface area contributed by atoms with Crippen LogP contribution >= 0.6 is 11.8 Å². The third-order valence-electron chi connectivity index (χ3n) is 3.87. The number of hydrogen-bond donors (Lipinski definition) is 1. The molecule has 0 aliphatic carbocycles. The topological polar surface area (TPSA) is 83.5 Å². The summed E-state index contributed by atoms with van der Waals surface area (Å²) in [6.45, 7) is 8.22. The molecule has 0 spiro atoms. The molecule has 1 aromatic rings. The van der Waals surface area contributed by atoms with E-state index in [4.69, 9.17) is 9.47 Å². The SMILES string of the molecule is CCS/C(=N\NC(=O)OCc1ccccc1)N1CCN(C(=O)OC(C)C)CC1. The number of amides is 2. The van der Waals surface area contributed by atoms with Gasteiger partial charge in [-0.05, 0) is 25.2 Å². The van der Waals surface area contributed by atoms with Crippen molar-refractivity contribution in [1.29, 1.82) is 0 Å². The molecule has 2 amide bonds. The Morgan fingerprint density at radius 2 is 1.79 bits per heavy atom. The van der Waals surface area contributed by atoms with Gasteiger partial charge in [-0.15, -0.1) is 5.10 Å². The molecule has 1 heterocycles. The van der Waals surface area contributed by atoms with Crippen LogP contribution in [-0.2, 0) is 16.1 Å². The summed E-state index contributed by atoms with van der Waals surface area (Å²) in [5.74, 6) is 0.815. The Morgan fingerprint density at radius 3 is 2.39 bits per heavy atom. The van der Waals surface area contributed by atoms with E-state index in [1.807, 2.05) is 56.0 Å². The first kappa shape index (κ1) is 21.9. The van der Waals surface area contributed by atoms with Gasteiger partial charge in [0.2, 0.25) is 0 Å². The maximum absolute atomic E-state index is 12.0. The van der Waals surface area contributed by atoms with Crippen molar-refractivity contribution >= 4 is 29.1 Å². The Kier molecular flexibility index (Phi) is 8.93. The lowest BCUT2D eigenvalue weighted by molar-refractivity contribution is 0.0659. The highest BCUT2D eigenvalue weighted by Gasteiger charge is 2.25. The number of nitrogens with one attached hydrogen (secondary N) is 1. The average molecular weight is 409 g/mol. The number of nitrogens with zero attached hydrogens (tertiary/aromatic N) is 3. The third-order valence-corrected chi connectivity index (χ3v) is 4.77. The maximum Gasteiger partial charge on any atom is 0.428 e. The second-order valence-corrected chi connectivity index (χ2v) is 7.64. The summed E-state index contributed by atoms with van der Waals surface area (Å²) in [5.41, 5.74) is 3.37. The van der Waals surface area contributed by atoms with Gasteiger partial charge < -0.3 is 19.3 Å². The highest BCUT2D eigenvalue weighted by atomic mass is 32.2. The van der Waals surface area contributed by atoms with Gasteiger partial charge >= 0.3 is 12.2 Å². The van der Waals surface area contributed by atoms with Crippen molar-refractivity contribution in [2.75, 3.05) is 31.9 Å². The molecule has 1 N–H and O–H groups in total. The number of hydrazone groups is 1. The van der Waals surface area contributed by atoms with E-state index >= 15 is 0 Å². The van der Waals surface area contributed by atoms with Gasteiger partial charge in [0, 0.05) is 26.2 Å². The predicted octanol–water partition coefficient (Wildman–Crippen LogP) is 3.10. The summed E-state index contributed by atoms with van der Waals surface area (Å²) in [6, 6.07) is 9.46. The Bertz CT molecular complexity index is 661. The van der Waals surface area contributed by atoms with Crippen molar-refractivity contribution in [2.45, 2.75) is 33.5 Å². The summed E-state index contributed by atoms with van der Waals surface area (Å²) >= 11 is 1.53. The molecular weight excluding hydrogens is 380 g/mol. The molecule has 0 aromatic heterocycles. The molecule has 1 fully saturated rings. The monoisotopic (exact) mass is 408 g/mol. The van der Waals surface area contributed by atoms with E-state index < -0.39 is 6.09 Å². The van der Waals surface area contributed by atoms with Gasteiger partial charge in [-0.3, -0.25) is 0 Å². The van der Waals surface area contributed by atoms with Crippen molar-refractivity contribution in [3.8, 4) is 0 Å². The van der Waals surface area contributed by atoms with Crippen LogP contribution in [-0.4, -0.2) is 65.2 Å². The minimum Gasteiger partial charge on any atom is -0.447 e. The second-order valence-electron chi connectivity index (χ2n) is 6.41. The van der Waals surface area contributed by atoms with Crippen LogP contribution < -0.4 is 5.43 Å². The van der Waals surface area contributed by atoms with Crippen LogP contribution in [0.15, 0.2) is 35.4 Å². The number of carbonyl (C=O) groups excluding carboxylic acids is 2. The van der Waals surface area contributed by atoms with Crippen LogP contribution in [0.25, 0.3) is 0 Å². The molecule has 28 heavy (non-hydrogen) atoms. The van der Waals surface area contributed by atoms with Gasteiger partial charge in [0.05, 0.1) is 6.10 Å². The highest BCUT2D eigenvalue weighted by molar-refractivity contribution is 8.13. The molecular formula is C19H28N4O4S.